The van der Waals surface area contributed by atoms with Gasteiger partial charge in [-0.1, -0.05) is 31.5 Å². The third kappa shape index (κ3) is 4.24. The molecule has 0 saturated carbocycles. The first-order chi connectivity index (χ1) is 8.36. The molecular formula is C12H18ClNO3S. The van der Waals surface area contributed by atoms with Crippen LogP contribution in [0, 0.1) is 5.92 Å². The second-order valence-corrected chi connectivity index (χ2v) is 6.67. The van der Waals surface area contributed by atoms with Crippen LogP contribution in [0.3, 0.4) is 0 Å². The maximum Gasteiger partial charge on any atom is 0.240 e. The van der Waals surface area contributed by atoms with E-state index in [4.69, 9.17) is 16.7 Å². The summed E-state index contributed by atoms with van der Waals surface area (Å²) in [6.07, 6.45) is 0.779. The highest BCUT2D eigenvalue weighted by Gasteiger charge is 2.15. The number of rotatable bonds is 6. The van der Waals surface area contributed by atoms with Gasteiger partial charge in [-0.15, -0.1) is 0 Å². The summed E-state index contributed by atoms with van der Waals surface area (Å²) in [7, 11) is -3.52. The van der Waals surface area contributed by atoms with Crippen molar-refractivity contribution in [3.8, 4) is 0 Å². The Hall–Kier alpha value is -0.620. The van der Waals surface area contributed by atoms with Crippen molar-refractivity contribution in [3.05, 3.63) is 28.8 Å². The standard InChI is InChI=1S/C12H18ClNO3S/c1-9(2)5-6-14-18(16,17)11-4-3-10(8-15)12(13)7-11/h3-4,7,9,14-15H,5-6,8H2,1-2H3. The predicted octanol–water partition coefficient (Wildman–Crippen LogP) is 2.16. The van der Waals surface area contributed by atoms with E-state index in [-0.39, 0.29) is 16.5 Å². The molecule has 102 valence electrons. The molecule has 0 aromatic heterocycles. The first-order valence-electron chi connectivity index (χ1n) is 5.75. The molecule has 1 aromatic carbocycles. The topological polar surface area (TPSA) is 66.4 Å². The molecule has 4 nitrogen and oxygen atoms in total. The fourth-order valence-electron chi connectivity index (χ4n) is 1.39. The summed E-state index contributed by atoms with van der Waals surface area (Å²) in [6, 6.07) is 4.30. The first-order valence-corrected chi connectivity index (χ1v) is 7.62. The van der Waals surface area contributed by atoms with Crippen LogP contribution in [0.4, 0.5) is 0 Å². The summed E-state index contributed by atoms with van der Waals surface area (Å²) in [5.41, 5.74) is 0.512. The van der Waals surface area contributed by atoms with E-state index in [9.17, 15) is 8.42 Å². The fourth-order valence-corrected chi connectivity index (χ4v) is 2.77. The zero-order chi connectivity index (χ0) is 13.8. The van der Waals surface area contributed by atoms with Crippen molar-refractivity contribution in [2.75, 3.05) is 6.54 Å². The quantitative estimate of drug-likeness (QED) is 0.844. The van der Waals surface area contributed by atoms with Gasteiger partial charge < -0.3 is 5.11 Å². The largest absolute Gasteiger partial charge is 0.392 e. The van der Waals surface area contributed by atoms with E-state index in [0.29, 0.717) is 18.0 Å². The Morgan fingerprint density at radius 1 is 1.39 bits per heavy atom. The van der Waals surface area contributed by atoms with Crippen molar-refractivity contribution in [2.24, 2.45) is 5.92 Å². The van der Waals surface area contributed by atoms with E-state index >= 15 is 0 Å². The van der Waals surface area contributed by atoms with Gasteiger partial charge >= 0.3 is 0 Å². The van der Waals surface area contributed by atoms with Crippen LogP contribution in [0.15, 0.2) is 23.1 Å². The molecule has 0 fully saturated rings. The molecule has 0 radical (unpaired) electrons. The van der Waals surface area contributed by atoms with Crippen molar-refractivity contribution >= 4 is 21.6 Å². The number of aliphatic hydroxyl groups is 1. The second kappa shape index (κ2) is 6.52. The van der Waals surface area contributed by atoms with E-state index in [1.165, 1.54) is 18.2 Å². The molecule has 0 aliphatic carbocycles. The molecule has 0 unspecified atom stereocenters. The highest BCUT2D eigenvalue weighted by atomic mass is 35.5. The molecule has 18 heavy (non-hydrogen) atoms. The van der Waals surface area contributed by atoms with Crippen LogP contribution in [0.5, 0.6) is 0 Å². The number of nitrogens with one attached hydrogen (secondary N) is 1. The van der Waals surface area contributed by atoms with Crippen molar-refractivity contribution in [3.63, 3.8) is 0 Å². The fraction of sp³-hybridized carbons (Fsp3) is 0.500. The smallest absolute Gasteiger partial charge is 0.240 e. The van der Waals surface area contributed by atoms with Gasteiger partial charge in [0.1, 0.15) is 0 Å². The Morgan fingerprint density at radius 2 is 2.06 bits per heavy atom. The van der Waals surface area contributed by atoms with Crippen molar-refractivity contribution < 1.29 is 13.5 Å². The van der Waals surface area contributed by atoms with Gasteiger partial charge in [0, 0.05) is 11.6 Å². The minimum absolute atomic E-state index is 0.119. The maximum atomic E-state index is 11.9. The highest BCUT2D eigenvalue weighted by Crippen LogP contribution is 2.20. The van der Waals surface area contributed by atoms with E-state index in [0.717, 1.165) is 6.42 Å². The lowest BCUT2D eigenvalue weighted by molar-refractivity contribution is 0.282. The number of halogens is 1. The Kier molecular flexibility index (Phi) is 5.59. The molecule has 0 atom stereocenters. The number of hydrogen-bond acceptors (Lipinski definition) is 3. The summed E-state index contributed by atoms with van der Waals surface area (Å²) in [5.74, 6) is 0.438. The van der Waals surface area contributed by atoms with Crippen LogP contribution in [0.25, 0.3) is 0 Å². The summed E-state index contributed by atoms with van der Waals surface area (Å²) >= 11 is 5.87. The average Bonchev–Trinajstić information content (AvgIpc) is 2.28. The Bertz CT molecular complexity index is 500. The lowest BCUT2D eigenvalue weighted by Gasteiger charge is -2.09. The Labute approximate surface area is 113 Å². The van der Waals surface area contributed by atoms with Crippen LogP contribution in [0.1, 0.15) is 25.8 Å². The van der Waals surface area contributed by atoms with E-state index in [1.54, 1.807) is 0 Å². The van der Waals surface area contributed by atoms with Crippen LogP contribution in [-0.2, 0) is 16.6 Å². The van der Waals surface area contributed by atoms with E-state index < -0.39 is 10.0 Å². The van der Waals surface area contributed by atoms with E-state index in [2.05, 4.69) is 4.72 Å². The van der Waals surface area contributed by atoms with Crippen LogP contribution < -0.4 is 4.72 Å². The lowest BCUT2D eigenvalue weighted by Crippen LogP contribution is -2.25. The van der Waals surface area contributed by atoms with Gasteiger partial charge in [0.05, 0.1) is 11.5 Å². The highest BCUT2D eigenvalue weighted by molar-refractivity contribution is 7.89. The normalized spacial score (nSPS) is 12.1. The molecule has 0 spiro atoms. The molecular weight excluding hydrogens is 274 g/mol. The molecule has 0 aliphatic rings. The third-order valence-corrected chi connectivity index (χ3v) is 4.33. The SMILES string of the molecule is CC(C)CCNS(=O)(=O)c1ccc(CO)c(Cl)c1. The zero-order valence-corrected chi connectivity index (χ0v) is 12.1. The zero-order valence-electron chi connectivity index (χ0n) is 10.5. The minimum Gasteiger partial charge on any atom is -0.392 e. The molecule has 1 aromatic rings. The first kappa shape index (κ1) is 15.4. The van der Waals surface area contributed by atoms with Gasteiger partial charge in [0.15, 0.2) is 0 Å². The molecule has 2 N–H and O–H groups in total. The molecule has 0 aliphatic heterocycles. The maximum absolute atomic E-state index is 11.9. The predicted molar refractivity (Wildman–Crippen MR) is 72.0 cm³/mol. The van der Waals surface area contributed by atoms with Gasteiger partial charge in [-0.3, -0.25) is 0 Å². The summed E-state index contributed by atoms with van der Waals surface area (Å²) in [5, 5.41) is 9.22. The third-order valence-electron chi connectivity index (χ3n) is 2.52. The van der Waals surface area contributed by atoms with Gasteiger partial charge in [-0.05, 0) is 30.0 Å². The summed E-state index contributed by atoms with van der Waals surface area (Å²) in [4.78, 5) is 0.119. The van der Waals surface area contributed by atoms with Gasteiger partial charge in [-0.2, -0.15) is 0 Å². The van der Waals surface area contributed by atoms with Crippen LogP contribution in [0.2, 0.25) is 5.02 Å². The minimum atomic E-state index is -3.52. The Morgan fingerprint density at radius 3 is 2.56 bits per heavy atom. The number of aliphatic hydroxyl groups excluding tert-OH is 1. The number of sulfonamides is 1. The summed E-state index contributed by atoms with van der Waals surface area (Å²) < 4.78 is 26.4. The average molecular weight is 292 g/mol. The lowest BCUT2D eigenvalue weighted by atomic mass is 10.1. The number of hydrogen-bond donors (Lipinski definition) is 2. The molecule has 0 heterocycles. The molecule has 0 amide bonds. The van der Waals surface area contributed by atoms with Crippen molar-refractivity contribution in [2.45, 2.75) is 31.8 Å². The van der Waals surface area contributed by atoms with Crippen molar-refractivity contribution in [1.82, 2.24) is 4.72 Å². The molecule has 0 saturated heterocycles. The van der Waals surface area contributed by atoms with Gasteiger partial charge in [-0.25, -0.2) is 13.1 Å². The monoisotopic (exact) mass is 291 g/mol. The van der Waals surface area contributed by atoms with Gasteiger partial charge in [0.2, 0.25) is 10.0 Å². The van der Waals surface area contributed by atoms with E-state index in [1.807, 2.05) is 13.8 Å². The van der Waals surface area contributed by atoms with Crippen LogP contribution in [-0.4, -0.2) is 20.1 Å². The number of benzene rings is 1. The molecule has 6 heteroatoms. The molecule has 0 bridgehead atoms. The Balaban J connectivity index is 2.82. The van der Waals surface area contributed by atoms with Crippen molar-refractivity contribution in [1.29, 1.82) is 0 Å². The summed E-state index contributed by atoms with van der Waals surface area (Å²) in [6.45, 7) is 4.25. The van der Waals surface area contributed by atoms with Crippen LogP contribution >= 0.6 is 11.6 Å². The molecule has 1 rings (SSSR count). The second-order valence-electron chi connectivity index (χ2n) is 4.49. The van der Waals surface area contributed by atoms with Gasteiger partial charge in [0.25, 0.3) is 0 Å².